The molecule has 0 radical (unpaired) electrons. The van der Waals surface area contributed by atoms with Crippen molar-refractivity contribution in [2.24, 2.45) is 5.73 Å². The van der Waals surface area contributed by atoms with E-state index in [4.69, 9.17) is 10.8 Å². The second-order valence-corrected chi connectivity index (χ2v) is 3.34. The van der Waals surface area contributed by atoms with Crippen LogP contribution in [0.1, 0.15) is 33.1 Å². The van der Waals surface area contributed by atoms with E-state index in [9.17, 15) is 4.79 Å². The van der Waals surface area contributed by atoms with E-state index < -0.39 is 12.1 Å². The number of carbonyl (C=O) groups excluding carboxylic acids is 1. The zero-order valence-corrected chi connectivity index (χ0v) is 8.42. The molecule has 0 spiro atoms. The number of aliphatic hydroxyl groups excluding tert-OH is 1. The van der Waals surface area contributed by atoms with Crippen LogP contribution in [0.2, 0.25) is 0 Å². The Morgan fingerprint density at radius 2 is 2.23 bits per heavy atom. The molecular formula is C9H20N2O2. The molecule has 0 aliphatic carbocycles. The lowest BCUT2D eigenvalue weighted by Crippen LogP contribution is -2.42. The molecule has 0 aromatic carbocycles. The molecular weight excluding hydrogens is 168 g/mol. The number of nitrogens with one attached hydrogen (secondary N) is 1. The van der Waals surface area contributed by atoms with Gasteiger partial charge >= 0.3 is 0 Å². The summed E-state index contributed by atoms with van der Waals surface area (Å²) in [6, 6.07) is -0.432. The molecule has 2 atom stereocenters. The molecule has 0 aliphatic heterocycles. The first-order chi connectivity index (χ1) is 6.07. The van der Waals surface area contributed by atoms with Gasteiger partial charge in [0.1, 0.15) is 0 Å². The Morgan fingerprint density at radius 3 is 2.69 bits per heavy atom. The van der Waals surface area contributed by atoms with Gasteiger partial charge in [-0.1, -0.05) is 19.8 Å². The number of rotatable bonds is 6. The van der Waals surface area contributed by atoms with Gasteiger partial charge in [0.25, 0.3) is 0 Å². The van der Waals surface area contributed by atoms with Crippen LogP contribution in [0.3, 0.4) is 0 Å². The first kappa shape index (κ1) is 12.4. The first-order valence-corrected chi connectivity index (χ1v) is 4.79. The fraction of sp³-hybridized carbons (Fsp3) is 0.889. The molecule has 4 N–H and O–H groups in total. The molecule has 0 rings (SSSR count). The Hall–Kier alpha value is -0.610. The van der Waals surface area contributed by atoms with Gasteiger partial charge in [0, 0.05) is 6.54 Å². The van der Waals surface area contributed by atoms with Gasteiger partial charge < -0.3 is 16.2 Å². The molecule has 0 heterocycles. The van der Waals surface area contributed by atoms with E-state index in [0.29, 0.717) is 6.42 Å². The third-order valence-electron chi connectivity index (χ3n) is 1.78. The van der Waals surface area contributed by atoms with Gasteiger partial charge in [-0.05, 0) is 13.3 Å². The average Bonchev–Trinajstić information content (AvgIpc) is 2.10. The van der Waals surface area contributed by atoms with E-state index in [1.807, 2.05) is 0 Å². The molecule has 0 bridgehead atoms. The second-order valence-electron chi connectivity index (χ2n) is 3.34. The van der Waals surface area contributed by atoms with Crippen molar-refractivity contribution in [1.82, 2.24) is 5.32 Å². The van der Waals surface area contributed by atoms with Gasteiger partial charge in [-0.25, -0.2) is 0 Å². The quantitative estimate of drug-likeness (QED) is 0.549. The first-order valence-electron chi connectivity index (χ1n) is 4.79. The molecule has 0 unspecified atom stereocenters. The van der Waals surface area contributed by atoms with E-state index in [-0.39, 0.29) is 12.5 Å². The molecule has 0 saturated heterocycles. The molecule has 1 amide bonds. The van der Waals surface area contributed by atoms with Crippen molar-refractivity contribution in [3.8, 4) is 0 Å². The van der Waals surface area contributed by atoms with E-state index in [2.05, 4.69) is 12.2 Å². The molecule has 78 valence electrons. The summed E-state index contributed by atoms with van der Waals surface area (Å²) in [4.78, 5) is 11.2. The third-order valence-corrected chi connectivity index (χ3v) is 1.78. The Morgan fingerprint density at radius 1 is 1.62 bits per heavy atom. The lowest BCUT2D eigenvalue weighted by atomic mass is 10.1. The van der Waals surface area contributed by atoms with E-state index >= 15 is 0 Å². The average molecular weight is 188 g/mol. The van der Waals surface area contributed by atoms with Gasteiger partial charge in [0.15, 0.2) is 0 Å². The van der Waals surface area contributed by atoms with Crippen LogP contribution in [-0.4, -0.2) is 29.7 Å². The number of aliphatic hydroxyl groups is 1. The van der Waals surface area contributed by atoms with Gasteiger partial charge in [-0.15, -0.1) is 0 Å². The minimum atomic E-state index is -0.512. The maximum atomic E-state index is 11.2. The number of nitrogens with two attached hydrogens (primary N) is 1. The minimum Gasteiger partial charge on any atom is -0.392 e. The third kappa shape index (κ3) is 6.54. The van der Waals surface area contributed by atoms with Crippen LogP contribution in [-0.2, 0) is 4.79 Å². The number of carbonyl (C=O) groups is 1. The van der Waals surface area contributed by atoms with Crippen LogP contribution in [0.15, 0.2) is 0 Å². The summed E-state index contributed by atoms with van der Waals surface area (Å²) in [5.41, 5.74) is 5.60. The predicted octanol–water partition coefficient (Wildman–Crippen LogP) is 0.000900. The van der Waals surface area contributed by atoms with Crippen molar-refractivity contribution in [1.29, 1.82) is 0 Å². The van der Waals surface area contributed by atoms with Crippen LogP contribution in [0, 0.1) is 0 Å². The Kier molecular flexibility index (Phi) is 6.54. The van der Waals surface area contributed by atoms with Crippen molar-refractivity contribution in [3.05, 3.63) is 0 Å². The molecule has 0 fully saturated rings. The topological polar surface area (TPSA) is 75.4 Å². The van der Waals surface area contributed by atoms with Gasteiger partial charge in [0.05, 0.1) is 12.1 Å². The van der Waals surface area contributed by atoms with Gasteiger partial charge in [-0.2, -0.15) is 0 Å². The van der Waals surface area contributed by atoms with Gasteiger partial charge in [0.2, 0.25) is 5.91 Å². The lowest BCUT2D eigenvalue weighted by Gasteiger charge is -2.12. The number of hydrogen-bond acceptors (Lipinski definition) is 3. The van der Waals surface area contributed by atoms with Crippen molar-refractivity contribution in [2.45, 2.75) is 45.3 Å². The Labute approximate surface area is 79.5 Å². The maximum Gasteiger partial charge on any atom is 0.237 e. The highest BCUT2D eigenvalue weighted by Gasteiger charge is 2.12. The van der Waals surface area contributed by atoms with Crippen molar-refractivity contribution in [2.75, 3.05) is 6.54 Å². The fourth-order valence-electron chi connectivity index (χ4n) is 0.935. The van der Waals surface area contributed by atoms with Crippen LogP contribution in [0.5, 0.6) is 0 Å². The summed E-state index contributed by atoms with van der Waals surface area (Å²) in [7, 11) is 0. The zero-order chi connectivity index (χ0) is 10.3. The molecule has 13 heavy (non-hydrogen) atoms. The highest BCUT2D eigenvalue weighted by atomic mass is 16.3. The van der Waals surface area contributed by atoms with E-state index in [0.717, 1.165) is 12.8 Å². The largest absolute Gasteiger partial charge is 0.392 e. The summed E-state index contributed by atoms with van der Waals surface area (Å²) >= 11 is 0. The molecule has 0 saturated carbocycles. The van der Waals surface area contributed by atoms with Crippen LogP contribution < -0.4 is 11.1 Å². The predicted molar refractivity (Wildman–Crippen MR) is 52.2 cm³/mol. The normalized spacial score (nSPS) is 15.1. The zero-order valence-electron chi connectivity index (χ0n) is 8.42. The number of hydrogen-bond donors (Lipinski definition) is 3. The molecule has 0 aromatic heterocycles. The minimum absolute atomic E-state index is 0.172. The second kappa shape index (κ2) is 6.86. The van der Waals surface area contributed by atoms with Crippen LogP contribution >= 0.6 is 0 Å². The number of amides is 1. The van der Waals surface area contributed by atoms with Crippen molar-refractivity contribution >= 4 is 5.91 Å². The summed E-state index contributed by atoms with van der Waals surface area (Å²) in [5.74, 6) is -0.172. The number of unbranched alkanes of at least 4 members (excludes halogenated alkanes) is 1. The summed E-state index contributed by atoms with van der Waals surface area (Å²) in [6.07, 6.45) is 2.20. The summed E-state index contributed by atoms with van der Waals surface area (Å²) < 4.78 is 0. The Bertz CT molecular complexity index is 149. The molecule has 4 heteroatoms. The summed E-state index contributed by atoms with van der Waals surface area (Å²) in [6.45, 7) is 3.96. The fourth-order valence-corrected chi connectivity index (χ4v) is 0.935. The maximum absolute atomic E-state index is 11.2. The highest BCUT2D eigenvalue weighted by molar-refractivity contribution is 5.81. The van der Waals surface area contributed by atoms with Gasteiger partial charge in [-0.3, -0.25) is 4.79 Å². The summed E-state index contributed by atoms with van der Waals surface area (Å²) in [5, 5.41) is 11.5. The SMILES string of the molecule is CCCC[C@H](N)C(=O)NC[C@H](C)O. The van der Waals surface area contributed by atoms with Crippen molar-refractivity contribution in [3.63, 3.8) is 0 Å². The standard InChI is InChI=1S/C9H20N2O2/c1-3-4-5-8(10)9(13)11-6-7(2)12/h7-8,12H,3-6,10H2,1-2H3,(H,11,13)/t7-,8-/m0/s1. The molecule has 0 aromatic rings. The van der Waals surface area contributed by atoms with Crippen molar-refractivity contribution < 1.29 is 9.90 Å². The highest BCUT2D eigenvalue weighted by Crippen LogP contribution is 1.97. The molecule has 4 nitrogen and oxygen atoms in total. The van der Waals surface area contributed by atoms with Crippen LogP contribution in [0.25, 0.3) is 0 Å². The smallest absolute Gasteiger partial charge is 0.237 e. The Balaban J connectivity index is 3.57. The lowest BCUT2D eigenvalue weighted by molar-refractivity contribution is -0.122. The van der Waals surface area contributed by atoms with Crippen LogP contribution in [0.4, 0.5) is 0 Å². The molecule has 0 aliphatic rings. The monoisotopic (exact) mass is 188 g/mol. The van der Waals surface area contributed by atoms with E-state index in [1.165, 1.54) is 0 Å². The van der Waals surface area contributed by atoms with E-state index in [1.54, 1.807) is 6.92 Å².